The van der Waals surface area contributed by atoms with Gasteiger partial charge in [-0.25, -0.2) is 4.79 Å². The van der Waals surface area contributed by atoms with Crippen LogP contribution in [0.1, 0.15) is 42.7 Å². The third-order valence-corrected chi connectivity index (χ3v) is 3.21. The largest absolute Gasteiger partial charge is 0.506 e. The number of halogens is 2. The van der Waals surface area contributed by atoms with Crippen molar-refractivity contribution in [2.75, 3.05) is 0 Å². The lowest BCUT2D eigenvalue weighted by atomic mass is 9.82. The highest BCUT2D eigenvalue weighted by molar-refractivity contribution is 9.10. The zero-order chi connectivity index (χ0) is 13.4. The van der Waals surface area contributed by atoms with E-state index < -0.39 is 12.0 Å². The summed E-state index contributed by atoms with van der Waals surface area (Å²) in [5.41, 5.74) is 6.30. The fraction of sp³-hybridized carbons (Fsp3) is 0.417. The van der Waals surface area contributed by atoms with Gasteiger partial charge in [-0.1, -0.05) is 20.8 Å². The Morgan fingerprint density at radius 2 is 1.89 bits per heavy atom. The van der Waals surface area contributed by atoms with Crippen molar-refractivity contribution in [2.24, 2.45) is 11.1 Å². The Bertz CT molecular complexity index is 457. The number of phenols is 1. The Hall–Kier alpha value is -0.780. The predicted octanol–water partition coefficient (Wildman–Crippen LogP) is 3.32. The van der Waals surface area contributed by atoms with Crippen molar-refractivity contribution < 1.29 is 15.0 Å². The fourth-order valence-corrected chi connectivity index (χ4v) is 1.92. The topological polar surface area (TPSA) is 83.6 Å². The molecular weight excluding hydrogens is 321 g/mol. The number of hydrogen-bond acceptors (Lipinski definition) is 3. The highest BCUT2D eigenvalue weighted by Gasteiger charge is 2.26. The van der Waals surface area contributed by atoms with E-state index in [2.05, 4.69) is 15.9 Å². The second kappa shape index (κ2) is 5.91. The van der Waals surface area contributed by atoms with Gasteiger partial charge in [-0.2, -0.15) is 0 Å². The number of carboxylic acids is 1. The number of carboxylic acid groups (broad SMARTS) is 1. The van der Waals surface area contributed by atoms with Crippen LogP contribution < -0.4 is 5.73 Å². The van der Waals surface area contributed by atoms with Crippen LogP contribution in [-0.2, 0) is 0 Å². The molecule has 0 spiro atoms. The SMILES string of the molecule is CC(C)(C)[C@H](N)c1cc(C(=O)O)cc(Br)c1O.Cl. The highest BCUT2D eigenvalue weighted by Crippen LogP contribution is 2.39. The van der Waals surface area contributed by atoms with Gasteiger partial charge in [0.1, 0.15) is 5.75 Å². The minimum absolute atomic E-state index is 0. The van der Waals surface area contributed by atoms with Crippen LogP contribution >= 0.6 is 28.3 Å². The average molecular weight is 339 g/mol. The molecule has 1 rings (SSSR count). The molecule has 0 aliphatic heterocycles. The number of aromatic carboxylic acids is 1. The molecule has 0 saturated heterocycles. The first-order chi connectivity index (χ1) is 7.64. The summed E-state index contributed by atoms with van der Waals surface area (Å²) in [5, 5.41) is 18.9. The summed E-state index contributed by atoms with van der Waals surface area (Å²) < 4.78 is 0.340. The van der Waals surface area contributed by atoms with Gasteiger partial charge in [-0.3, -0.25) is 0 Å². The number of aromatic hydroxyl groups is 1. The molecule has 1 aromatic carbocycles. The van der Waals surface area contributed by atoms with Crippen molar-refractivity contribution in [3.05, 3.63) is 27.7 Å². The molecule has 18 heavy (non-hydrogen) atoms. The number of carbonyl (C=O) groups is 1. The predicted molar refractivity (Wildman–Crippen MR) is 76.4 cm³/mol. The lowest BCUT2D eigenvalue weighted by Gasteiger charge is -2.28. The van der Waals surface area contributed by atoms with Crippen LogP contribution in [0.2, 0.25) is 0 Å². The molecule has 1 atom stereocenters. The Labute approximate surface area is 121 Å². The number of rotatable bonds is 2. The molecule has 0 aliphatic carbocycles. The van der Waals surface area contributed by atoms with Crippen molar-refractivity contribution in [1.29, 1.82) is 0 Å². The van der Waals surface area contributed by atoms with Gasteiger partial charge in [-0.05, 0) is 33.5 Å². The highest BCUT2D eigenvalue weighted by atomic mass is 79.9. The summed E-state index contributed by atoms with van der Waals surface area (Å²) in [6.07, 6.45) is 0. The molecule has 6 heteroatoms. The van der Waals surface area contributed by atoms with Gasteiger partial charge in [0.2, 0.25) is 0 Å². The summed E-state index contributed by atoms with van der Waals surface area (Å²) in [6.45, 7) is 5.79. The molecule has 0 saturated carbocycles. The van der Waals surface area contributed by atoms with Crippen LogP contribution in [0.5, 0.6) is 5.75 Å². The van der Waals surface area contributed by atoms with Crippen LogP contribution in [-0.4, -0.2) is 16.2 Å². The Morgan fingerprint density at radius 1 is 1.39 bits per heavy atom. The van der Waals surface area contributed by atoms with E-state index in [1.807, 2.05) is 20.8 Å². The molecule has 102 valence electrons. The van der Waals surface area contributed by atoms with Gasteiger partial charge in [0.25, 0.3) is 0 Å². The second-order valence-corrected chi connectivity index (χ2v) is 5.90. The van der Waals surface area contributed by atoms with E-state index in [4.69, 9.17) is 10.8 Å². The third kappa shape index (κ3) is 3.60. The first-order valence-corrected chi connectivity index (χ1v) is 5.95. The van der Waals surface area contributed by atoms with Crippen molar-refractivity contribution in [1.82, 2.24) is 0 Å². The maximum absolute atomic E-state index is 10.9. The molecule has 4 nitrogen and oxygen atoms in total. The van der Waals surface area contributed by atoms with E-state index in [-0.39, 0.29) is 29.1 Å². The minimum Gasteiger partial charge on any atom is -0.506 e. The first-order valence-electron chi connectivity index (χ1n) is 5.16. The molecule has 0 aromatic heterocycles. The number of hydrogen-bond donors (Lipinski definition) is 3. The van der Waals surface area contributed by atoms with E-state index >= 15 is 0 Å². The molecule has 0 heterocycles. The van der Waals surface area contributed by atoms with Crippen LogP contribution in [0.15, 0.2) is 16.6 Å². The van der Waals surface area contributed by atoms with Crippen molar-refractivity contribution in [3.63, 3.8) is 0 Å². The summed E-state index contributed by atoms with van der Waals surface area (Å²) in [5.74, 6) is -1.05. The van der Waals surface area contributed by atoms with Crippen LogP contribution in [0.25, 0.3) is 0 Å². The van der Waals surface area contributed by atoms with Crippen molar-refractivity contribution >= 4 is 34.3 Å². The summed E-state index contributed by atoms with van der Waals surface area (Å²) >= 11 is 3.13. The molecule has 0 bridgehead atoms. The molecule has 0 unspecified atom stereocenters. The Kier molecular flexibility index (Phi) is 5.65. The first kappa shape index (κ1) is 17.2. The minimum atomic E-state index is -1.05. The Morgan fingerprint density at radius 3 is 2.28 bits per heavy atom. The summed E-state index contributed by atoms with van der Waals surface area (Å²) in [6, 6.07) is 2.33. The number of nitrogens with two attached hydrogens (primary N) is 1. The molecular formula is C12H17BrClNO3. The van der Waals surface area contributed by atoms with E-state index in [0.717, 1.165) is 0 Å². The smallest absolute Gasteiger partial charge is 0.335 e. The molecule has 0 fully saturated rings. The quantitative estimate of drug-likeness (QED) is 0.772. The van der Waals surface area contributed by atoms with E-state index in [9.17, 15) is 9.90 Å². The average Bonchev–Trinajstić information content (AvgIpc) is 2.19. The van der Waals surface area contributed by atoms with Gasteiger partial charge < -0.3 is 15.9 Å². The summed E-state index contributed by atoms with van der Waals surface area (Å²) in [4.78, 5) is 10.9. The zero-order valence-electron chi connectivity index (χ0n) is 10.4. The van der Waals surface area contributed by atoms with Gasteiger partial charge in [0.05, 0.1) is 10.0 Å². The normalized spacial score (nSPS) is 12.7. The van der Waals surface area contributed by atoms with Gasteiger partial charge in [0, 0.05) is 11.6 Å². The van der Waals surface area contributed by atoms with Crippen LogP contribution in [0, 0.1) is 5.41 Å². The number of phenolic OH excluding ortho intramolecular Hbond substituents is 1. The van der Waals surface area contributed by atoms with Crippen LogP contribution in [0.4, 0.5) is 0 Å². The van der Waals surface area contributed by atoms with Crippen LogP contribution in [0.3, 0.4) is 0 Å². The standard InChI is InChI=1S/C12H16BrNO3.ClH/c1-12(2,3)10(14)7-4-6(11(16)17)5-8(13)9(7)15;/h4-5,10,15H,14H2,1-3H3,(H,16,17);1H/t10-;/m1./s1. The molecule has 0 radical (unpaired) electrons. The van der Waals surface area contributed by atoms with E-state index in [1.165, 1.54) is 12.1 Å². The molecule has 0 amide bonds. The molecule has 1 aromatic rings. The third-order valence-electron chi connectivity index (χ3n) is 2.61. The maximum atomic E-state index is 10.9. The second-order valence-electron chi connectivity index (χ2n) is 5.04. The lowest BCUT2D eigenvalue weighted by Crippen LogP contribution is -2.26. The fourth-order valence-electron chi connectivity index (χ4n) is 1.45. The van der Waals surface area contributed by atoms with Gasteiger partial charge >= 0.3 is 5.97 Å². The van der Waals surface area contributed by atoms with Crippen molar-refractivity contribution in [2.45, 2.75) is 26.8 Å². The zero-order valence-corrected chi connectivity index (χ0v) is 12.8. The van der Waals surface area contributed by atoms with Crippen molar-refractivity contribution in [3.8, 4) is 5.75 Å². The Balaban J connectivity index is 0.00000289. The lowest BCUT2D eigenvalue weighted by molar-refractivity contribution is 0.0696. The molecule has 0 aliphatic rings. The van der Waals surface area contributed by atoms with E-state index in [1.54, 1.807) is 0 Å². The monoisotopic (exact) mass is 337 g/mol. The maximum Gasteiger partial charge on any atom is 0.335 e. The van der Waals surface area contributed by atoms with Gasteiger partial charge in [-0.15, -0.1) is 12.4 Å². The van der Waals surface area contributed by atoms with E-state index in [0.29, 0.717) is 10.0 Å². The molecule has 4 N–H and O–H groups in total. The van der Waals surface area contributed by atoms with Gasteiger partial charge in [0.15, 0.2) is 0 Å². The number of benzene rings is 1. The summed E-state index contributed by atoms with van der Waals surface area (Å²) in [7, 11) is 0.